The van der Waals surface area contributed by atoms with Crippen molar-refractivity contribution in [1.82, 2.24) is 29.6 Å². The molecule has 1 aromatic carbocycles. The monoisotopic (exact) mass is 560 g/mol. The second-order valence-electron chi connectivity index (χ2n) is 10.5. The maximum absolute atomic E-state index is 13.3. The molecular weight excluding hydrogens is 528 g/mol. The van der Waals surface area contributed by atoms with Gasteiger partial charge in [-0.25, -0.2) is 15.4 Å². The lowest BCUT2D eigenvalue weighted by atomic mass is 9.74. The van der Waals surface area contributed by atoms with Gasteiger partial charge < -0.3 is 14.5 Å². The Morgan fingerprint density at radius 1 is 1.00 bits per heavy atom. The molecule has 4 aromatic rings. The van der Waals surface area contributed by atoms with Crippen LogP contribution in [0.15, 0.2) is 48.0 Å². The number of piperazine rings is 1. The number of nitrogens with one attached hydrogen (secondary N) is 1. The third kappa shape index (κ3) is 4.68. The topological polar surface area (TPSA) is 112 Å². The fourth-order valence-electron chi connectivity index (χ4n) is 5.74. The minimum Gasteiger partial charge on any atom is -0.381 e. The summed E-state index contributed by atoms with van der Waals surface area (Å²) in [7, 11) is 2.08. The van der Waals surface area contributed by atoms with Gasteiger partial charge in [0.05, 0.1) is 22.4 Å². The molecule has 2 aliphatic rings. The Hall–Kier alpha value is -3.64. The molecule has 208 valence electrons. The normalized spacial score (nSPS) is 17.7. The van der Waals surface area contributed by atoms with Crippen LogP contribution in [0.1, 0.15) is 49.8 Å². The average molecular weight is 561 g/mol. The number of thiazole rings is 1. The van der Waals surface area contributed by atoms with Crippen LogP contribution >= 0.6 is 11.3 Å². The lowest BCUT2D eigenvalue weighted by Gasteiger charge is -2.36. The molecule has 2 amide bonds. The second kappa shape index (κ2) is 10.7. The van der Waals surface area contributed by atoms with Crippen molar-refractivity contribution >= 4 is 28.8 Å². The lowest BCUT2D eigenvalue weighted by Crippen LogP contribution is -2.47. The van der Waals surface area contributed by atoms with Crippen LogP contribution in [-0.2, 0) is 10.2 Å². The quantitative estimate of drug-likeness (QED) is 0.284. The molecule has 2 N–H and O–H groups in total. The molecule has 0 spiro atoms. The zero-order valence-electron chi connectivity index (χ0n) is 22.6. The Morgan fingerprint density at radius 3 is 2.40 bits per heavy atom. The lowest BCUT2D eigenvalue weighted by molar-refractivity contribution is 0.0629. The number of nitrogens with zero attached hydrogens (tertiary/aromatic N) is 5. The van der Waals surface area contributed by atoms with Crippen LogP contribution in [0.2, 0.25) is 0 Å². The Labute approximate surface area is 236 Å². The van der Waals surface area contributed by atoms with Crippen LogP contribution in [0.3, 0.4) is 0 Å². The summed E-state index contributed by atoms with van der Waals surface area (Å²) in [6.45, 7) is 6.37. The zero-order valence-corrected chi connectivity index (χ0v) is 23.4. The van der Waals surface area contributed by atoms with Crippen LogP contribution in [0.25, 0.3) is 17.0 Å². The molecule has 0 saturated carbocycles. The van der Waals surface area contributed by atoms with Crippen molar-refractivity contribution < 1.29 is 19.5 Å². The van der Waals surface area contributed by atoms with E-state index in [1.165, 1.54) is 0 Å². The van der Waals surface area contributed by atoms with E-state index in [1.54, 1.807) is 28.9 Å². The highest BCUT2D eigenvalue weighted by atomic mass is 32.1. The van der Waals surface area contributed by atoms with Gasteiger partial charge in [0, 0.05) is 56.5 Å². The van der Waals surface area contributed by atoms with Crippen molar-refractivity contribution in [3.63, 3.8) is 0 Å². The van der Waals surface area contributed by atoms with Crippen molar-refractivity contribution in [3.05, 3.63) is 75.4 Å². The molecule has 6 rings (SSSR count). The van der Waals surface area contributed by atoms with Gasteiger partial charge in [-0.05, 0) is 56.6 Å². The average Bonchev–Trinajstić information content (AvgIpc) is 3.61. The number of hydrogen-bond donors (Lipinski definition) is 2. The van der Waals surface area contributed by atoms with Gasteiger partial charge in [-0.15, -0.1) is 11.3 Å². The molecule has 2 saturated heterocycles. The van der Waals surface area contributed by atoms with Crippen LogP contribution in [0.4, 0.5) is 0 Å². The number of aromatic nitrogens is 3. The van der Waals surface area contributed by atoms with Crippen molar-refractivity contribution in [2.75, 3.05) is 46.4 Å². The SMILES string of the molecule is Cc1nc2ccc(C(=O)N3CCN(C)CC3)cn2c1-c1csc(C2(c3ccc(C(=O)NO)cc3)CCOCC2)n1. The number of hydrogen-bond acceptors (Lipinski definition) is 8. The first-order chi connectivity index (χ1) is 19.4. The number of pyridine rings is 1. The number of amides is 2. The predicted octanol–water partition coefficient (Wildman–Crippen LogP) is 3.37. The predicted molar refractivity (Wildman–Crippen MR) is 151 cm³/mol. The molecule has 10 nitrogen and oxygen atoms in total. The first-order valence-electron chi connectivity index (χ1n) is 13.5. The minimum atomic E-state index is -0.544. The summed E-state index contributed by atoms with van der Waals surface area (Å²) in [4.78, 5) is 39.2. The number of aryl methyl sites for hydroxylation is 1. The molecule has 3 aromatic heterocycles. The number of ether oxygens (including phenoxy) is 1. The number of rotatable bonds is 5. The standard InChI is InChI=1S/C29H32N6O4S/c1-19-25(35-17-21(5-8-24(35)30-19)27(37)34-13-11-33(2)12-14-34)23-18-40-28(31-23)29(9-15-39-16-10-29)22-6-3-20(4-7-22)26(36)32-38/h3-8,17-18,38H,9-16H2,1-2H3,(H,32,36). The zero-order chi connectivity index (χ0) is 27.9. The van der Waals surface area contributed by atoms with Gasteiger partial charge in [0.1, 0.15) is 16.3 Å². The summed E-state index contributed by atoms with van der Waals surface area (Å²) in [6.07, 6.45) is 3.42. The summed E-state index contributed by atoms with van der Waals surface area (Å²) in [6, 6.07) is 11.1. The van der Waals surface area contributed by atoms with Crippen molar-refractivity contribution in [2.45, 2.75) is 25.2 Å². The fraction of sp³-hybridized carbons (Fsp3) is 0.379. The Bertz CT molecular complexity index is 1550. The number of carbonyl (C=O) groups is 2. The van der Waals surface area contributed by atoms with E-state index in [0.717, 1.165) is 72.3 Å². The van der Waals surface area contributed by atoms with E-state index >= 15 is 0 Å². The maximum Gasteiger partial charge on any atom is 0.274 e. The number of fused-ring (bicyclic) bond motifs is 1. The number of likely N-dealkylation sites (N-methyl/N-ethyl adjacent to an activating group) is 1. The van der Waals surface area contributed by atoms with E-state index in [9.17, 15) is 9.59 Å². The van der Waals surface area contributed by atoms with Crippen molar-refractivity contribution in [1.29, 1.82) is 0 Å². The summed E-state index contributed by atoms with van der Waals surface area (Å²) < 4.78 is 7.70. The van der Waals surface area contributed by atoms with Gasteiger partial charge in [0.2, 0.25) is 0 Å². The maximum atomic E-state index is 13.3. The summed E-state index contributed by atoms with van der Waals surface area (Å²) in [5, 5.41) is 12.0. The highest BCUT2D eigenvalue weighted by Gasteiger charge is 2.39. The molecule has 11 heteroatoms. The summed E-state index contributed by atoms with van der Waals surface area (Å²) in [5.74, 6) is -0.511. The Kier molecular flexibility index (Phi) is 7.13. The molecule has 0 aliphatic carbocycles. The third-order valence-electron chi connectivity index (χ3n) is 8.13. The van der Waals surface area contributed by atoms with Crippen LogP contribution in [-0.4, -0.2) is 87.6 Å². The Morgan fingerprint density at radius 2 is 1.70 bits per heavy atom. The molecule has 5 heterocycles. The first-order valence-corrected chi connectivity index (χ1v) is 14.3. The molecule has 0 bridgehead atoms. The molecule has 40 heavy (non-hydrogen) atoms. The summed E-state index contributed by atoms with van der Waals surface area (Å²) >= 11 is 1.61. The van der Waals surface area contributed by atoms with Crippen molar-refractivity contribution in [2.24, 2.45) is 0 Å². The van der Waals surface area contributed by atoms with Crippen LogP contribution in [0.5, 0.6) is 0 Å². The molecule has 0 unspecified atom stereocenters. The van der Waals surface area contributed by atoms with Gasteiger partial charge in [-0.3, -0.25) is 19.2 Å². The third-order valence-corrected chi connectivity index (χ3v) is 9.18. The van der Waals surface area contributed by atoms with E-state index in [2.05, 4.69) is 17.3 Å². The first kappa shape index (κ1) is 26.6. The van der Waals surface area contributed by atoms with E-state index in [1.807, 2.05) is 46.7 Å². The van der Waals surface area contributed by atoms with Gasteiger partial charge in [-0.1, -0.05) is 12.1 Å². The molecular formula is C29H32N6O4S. The largest absolute Gasteiger partial charge is 0.381 e. The van der Waals surface area contributed by atoms with E-state index < -0.39 is 5.91 Å². The highest BCUT2D eigenvalue weighted by Crippen LogP contribution is 2.44. The number of imidazole rings is 1. The smallest absolute Gasteiger partial charge is 0.274 e. The number of hydroxylamine groups is 1. The Balaban J connectivity index is 1.36. The van der Waals surface area contributed by atoms with Gasteiger partial charge >= 0.3 is 0 Å². The minimum absolute atomic E-state index is 0.0331. The highest BCUT2D eigenvalue weighted by molar-refractivity contribution is 7.10. The molecule has 2 fully saturated rings. The molecule has 0 atom stereocenters. The summed E-state index contributed by atoms with van der Waals surface area (Å²) in [5.41, 5.74) is 6.73. The second-order valence-corrected chi connectivity index (χ2v) is 11.4. The van der Waals surface area contributed by atoms with Crippen LogP contribution < -0.4 is 5.48 Å². The van der Waals surface area contributed by atoms with Gasteiger partial charge in [-0.2, -0.15) is 0 Å². The van der Waals surface area contributed by atoms with E-state index in [4.69, 9.17) is 19.9 Å². The van der Waals surface area contributed by atoms with E-state index in [-0.39, 0.29) is 11.3 Å². The van der Waals surface area contributed by atoms with Crippen LogP contribution in [0, 0.1) is 6.92 Å². The number of carbonyl (C=O) groups excluding carboxylic acids is 2. The molecule has 2 aliphatic heterocycles. The van der Waals surface area contributed by atoms with Gasteiger partial charge in [0.15, 0.2) is 0 Å². The number of benzene rings is 1. The molecule has 0 radical (unpaired) electrons. The van der Waals surface area contributed by atoms with Crippen molar-refractivity contribution in [3.8, 4) is 11.4 Å². The fourth-order valence-corrected chi connectivity index (χ4v) is 6.83. The van der Waals surface area contributed by atoms with Gasteiger partial charge in [0.25, 0.3) is 11.8 Å². The van der Waals surface area contributed by atoms with E-state index in [0.29, 0.717) is 24.3 Å².